The lowest BCUT2D eigenvalue weighted by atomic mass is 10.0. The van der Waals surface area contributed by atoms with Crippen molar-refractivity contribution in [3.63, 3.8) is 0 Å². The van der Waals surface area contributed by atoms with Crippen LogP contribution in [-0.2, 0) is 10.0 Å². The van der Waals surface area contributed by atoms with Gasteiger partial charge in [-0.1, -0.05) is 0 Å². The third-order valence-corrected chi connectivity index (χ3v) is 8.08. The van der Waals surface area contributed by atoms with Gasteiger partial charge in [-0.15, -0.1) is 0 Å². The number of carbonyl (C=O) groups excluding carboxylic acids is 1. The Morgan fingerprint density at radius 1 is 1.05 bits per heavy atom. The summed E-state index contributed by atoms with van der Waals surface area (Å²) < 4.78 is 56.5. The number of benzene rings is 1. The molecule has 5 rings (SSSR count). The summed E-state index contributed by atoms with van der Waals surface area (Å²) in [6.07, 6.45) is 6.21. The van der Waals surface area contributed by atoms with Crippen LogP contribution in [0.15, 0.2) is 43.0 Å². The van der Waals surface area contributed by atoms with Gasteiger partial charge in [-0.05, 0) is 32.0 Å². The number of rotatable bonds is 7. The van der Waals surface area contributed by atoms with Gasteiger partial charge in [0.05, 0.1) is 16.5 Å². The molecule has 4 heterocycles. The first-order valence-corrected chi connectivity index (χ1v) is 13.5. The van der Waals surface area contributed by atoms with Gasteiger partial charge < -0.3 is 15.2 Å². The number of nitrogens with one attached hydrogen (secondary N) is 3. The molecule has 0 atom stereocenters. The molecule has 0 amide bonds. The van der Waals surface area contributed by atoms with Gasteiger partial charge in [-0.3, -0.25) is 9.52 Å². The Labute approximate surface area is 217 Å². The van der Waals surface area contributed by atoms with Gasteiger partial charge in [-0.25, -0.2) is 32.2 Å². The number of piperazine rings is 1. The largest absolute Gasteiger partial charge is 0.345 e. The molecule has 1 aliphatic rings. The number of sulfonamides is 1. The maximum Gasteiger partial charge on any atom is 0.235 e. The normalized spacial score (nSPS) is 14.3. The minimum absolute atomic E-state index is 0.0191. The van der Waals surface area contributed by atoms with Crippen LogP contribution < -0.4 is 14.9 Å². The molecule has 13 heteroatoms. The fourth-order valence-corrected chi connectivity index (χ4v) is 4.79. The Morgan fingerprint density at radius 3 is 2.42 bits per heavy atom. The van der Waals surface area contributed by atoms with Gasteiger partial charge in [0.2, 0.25) is 21.8 Å². The van der Waals surface area contributed by atoms with Crippen molar-refractivity contribution in [2.45, 2.75) is 19.1 Å². The Morgan fingerprint density at radius 2 is 1.74 bits per heavy atom. The van der Waals surface area contributed by atoms with Gasteiger partial charge in [0.15, 0.2) is 5.82 Å². The van der Waals surface area contributed by atoms with Crippen molar-refractivity contribution in [2.24, 2.45) is 0 Å². The standard InChI is InChI=1S/C25H25F2N7O3S/c1-14(2)38(36,37)33-20-4-3-19(26)21(22(20)27)23(35)18-13-30-24-17(18)9-15(10-29-24)16-11-31-25(32-12-16)34-7-5-28-6-8-34/h3-4,9-14,28,33H,5-8H2,1-2H3,(H,29,30). The quantitative estimate of drug-likeness (QED) is 0.304. The van der Waals surface area contributed by atoms with Crippen LogP contribution in [0.3, 0.4) is 0 Å². The molecule has 4 aromatic rings. The predicted molar refractivity (Wildman–Crippen MR) is 140 cm³/mol. The van der Waals surface area contributed by atoms with Crippen molar-refractivity contribution in [1.29, 1.82) is 0 Å². The lowest BCUT2D eigenvalue weighted by Crippen LogP contribution is -2.44. The molecule has 0 aliphatic carbocycles. The van der Waals surface area contributed by atoms with E-state index in [4.69, 9.17) is 0 Å². The number of halogens is 2. The molecule has 0 radical (unpaired) electrons. The molecule has 1 aromatic carbocycles. The van der Waals surface area contributed by atoms with E-state index in [1.54, 1.807) is 24.7 Å². The summed E-state index contributed by atoms with van der Waals surface area (Å²) in [5.41, 5.74) is 0.202. The molecule has 0 spiro atoms. The molecule has 0 bridgehead atoms. The number of carbonyl (C=O) groups is 1. The highest BCUT2D eigenvalue weighted by Gasteiger charge is 2.27. The van der Waals surface area contributed by atoms with Crippen molar-refractivity contribution in [2.75, 3.05) is 35.8 Å². The second kappa shape index (κ2) is 10.1. The molecule has 3 aromatic heterocycles. The lowest BCUT2D eigenvalue weighted by molar-refractivity contribution is 0.103. The number of aromatic amines is 1. The van der Waals surface area contributed by atoms with Crippen molar-refractivity contribution in [1.82, 2.24) is 25.3 Å². The molecule has 3 N–H and O–H groups in total. The Hall–Kier alpha value is -3.97. The second-order valence-corrected chi connectivity index (χ2v) is 11.4. The molecule has 38 heavy (non-hydrogen) atoms. The van der Waals surface area contributed by atoms with Gasteiger partial charge in [-0.2, -0.15) is 0 Å². The number of nitrogens with zero attached hydrogens (tertiary/aromatic N) is 4. The van der Waals surface area contributed by atoms with E-state index in [0.717, 1.165) is 38.3 Å². The summed E-state index contributed by atoms with van der Waals surface area (Å²) in [6, 6.07) is 3.46. The number of pyridine rings is 1. The van der Waals surface area contributed by atoms with Crippen LogP contribution in [0.2, 0.25) is 0 Å². The van der Waals surface area contributed by atoms with Crippen molar-refractivity contribution in [3.8, 4) is 11.1 Å². The first-order valence-electron chi connectivity index (χ1n) is 11.9. The average molecular weight is 542 g/mol. The first-order chi connectivity index (χ1) is 18.2. The van der Waals surface area contributed by atoms with Crippen LogP contribution in [0.25, 0.3) is 22.2 Å². The maximum absolute atomic E-state index is 15.3. The highest BCUT2D eigenvalue weighted by Crippen LogP contribution is 2.30. The van der Waals surface area contributed by atoms with E-state index in [2.05, 4.69) is 34.9 Å². The van der Waals surface area contributed by atoms with E-state index in [9.17, 15) is 17.6 Å². The highest BCUT2D eigenvalue weighted by molar-refractivity contribution is 7.93. The molecule has 1 saturated heterocycles. The van der Waals surface area contributed by atoms with E-state index < -0.39 is 43.9 Å². The van der Waals surface area contributed by atoms with Crippen molar-refractivity contribution in [3.05, 3.63) is 65.7 Å². The van der Waals surface area contributed by atoms with E-state index in [1.165, 1.54) is 20.0 Å². The molecule has 10 nitrogen and oxygen atoms in total. The number of hydrogen-bond acceptors (Lipinski definition) is 8. The fourth-order valence-electron chi connectivity index (χ4n) is 4.09. The topological polar surface area (TPSA) is 133 Å². The summed E-state index contributed by atoms with van der Waals surface area (Å²) in [4.78, 5) is 31.5. The zero-order valence-corrected chi connectivity index (χ0v) is 21.4. The number of fused-ring (bicyclic) bond motifs is 1. The number of aromatic nitrogens is 4. The van der Waals surface area contributed by atoms with Crippen LogP contribution >= 0.6 is 0 Å². The van der Waals surface area contributed by atoms with E-state index >= 15 is 4.39 Å². The molecular weight excluding hydrogens is 516 g/mol. The second-order valence-electron chi connectivity index (χ2n) is 9.14. The summed E-state index contributed by atoms with van der Waals surface area (Å²) >= 11 is 0. The maximum atomic E-state index is 15.3. The molecule has 0 saturated carbocycles. The van der Waals surface area contributed by atoms with E-state index in [0.29, 0.717) is 28.1 Å². The highest BCUT2D eigenvalue weighted by atomic mass is 32.2. The van der Waals surface area contributed by atoms with Crippen LogP contribution in [-0.4, -0.2) is 65.6 Å². The molecule has 0 unspecified atom stereocenters. The Balaban J connectivity index is 1.49. The molecular formula is C25H25F2N7O3S. The SMILES string of the molecule is CC(C)S(=O)(=O)Nc1ccc(F)c(C(=O)c2c[nH]c3ncc(-c4cnc(N5CCNCC5)nc4)cc23)c1F. The zero-order chi connectivity index (χ0) is 27.0. The third-order valence-electron chi connectivity index (χ3n) is 6.34. The number of ketones is 1. The number of anilines is 2. The van der Waals surface area contributed by atoms with Crippen LogP contribution in [0, 0.1) is 11.6 Å². The summed E-state index contributed by atoms with van der Waals surface area (Å²) in [7, 11) is -3.92. The van der Waals surface area contributed by atoms with Crippen molar-refractivity contribution < 1.29 is 22.0 Å². The van der Waals surface area contributed by atoms with Crippen molar-refractivity contribution >= 4 is 38.5 Å². The minimum Gasteiger partial charge on any atom is -0.345 e. The van der Waals surface area contributed by atoms with E-state index in [1.807, 2.05) is 0 Å². The number of H-pyrrole nitrogens is 1. The smallest absolute Gasteiger partial charge is 0.235 e. The van der Waals surface area contributed by atoms with Gasteiger partial charge in [0.1, 0.15) is 11.5 Å². The minimum atomic E-state index is -3.92. The van der Waals surface area contributed by atoms with Crippen LogP contribution in [0.5, 0.6) is 0 Å². The summed E-state index contributed by atoms with van der Waals surface area (Å²) in [5.74, 6) is -2.76. The Bertz CT molecular complexity index is 1620. The monoisotopic (exact) mass is 541 g/mol. The van der Waals surface area contributed by atoms with Crippen LogP contribution in [0.4, 0.5) is 20.4 Å². The van der Waals surface area contributed by atoms with Crippen LogP contribution in [0.1, 0.15) is 29.8 Å². The number of hydrogen-bond donors (Lipinski definition) is 3. The lowest BCUT2D eigenvalue weighted by Gasteiger charge is -2.27. The van der Waals surface area contributed by atoms with Gasteiger partial charge in [0, 0.05) is 73.0 Å². The fraction of sp³-hybridized carbons (Fsp3) is 0.280. The van der Waals surface area contributed by atoms with Gasteiger partial charge >= 0.3 is 0 Å². The first kappa shape index (κ1) is 25.7. The third kappa shape index (κ3) is 4.82. The average Bonchev–Trinajstić information content (AvgIpc) is 3.34. The summed E-state index contributed by atoms with van der Waals surface area (Å²) in [5, 5.41) is 2.75. The molecule has 198 valence electrons. The predicted octanol–water partition coefficient (Wildman–Crippen LogP) is 3.09. The molecule has 1 fully saturated rings. The summed E-state index contributed by atoms with van der Waals surface area (Å²) in [6.45, 7) is 6.13. The molecule has 1 aliphatic heterocycles. The Kier molecular flexibility index (Phi) is 6.80. The zero-order valence-electron chi connectivity index (χ0n) is 20.6. The van der Waals surface area contributed by atoms with Gasteiger partial charge in [0.25, 0.3) is 0 Å². The van der Waals surface area contributed by atoms with E-state index in [-0.39, 0.29) is 5.56 Å².